The van der Waals surface area contributed by atoms with Crippen molar-refractivity contribution in [2.75, 3.05) is 11.9 Å². The third kappa shape index (κ3) is 3.18. The average Bonchev–Trinajstić information content (AvgIpc) is 2.82. The number of nitrogens with zero attached hydrogens (tertiary/aromatic N) is 3. The Kier molecular flexibility index (Phi) is 4.12. The van der Waals surface area contributed by atoms with E-state index in [9.17, 15) is 0 Å². The molecule has 2 aromatic heterocycles. The second-order valence-corrected chi connectivity index (χ2v) is 5.13. The lowest BCUT2D eigenvalue weighted by atomic mass is 10.3. The molecule has 2 heterocycles. The zero-order valence-electron chi connectivity index (χ0n) is 8.88. The Morgan fingerprint density at radius 2 is 2.38 bits per heavy atom. The highest BCUT2D eigenvalue weighted by atomic mass is 32.2. The molecule has 0 spiro atoms. The van der Waals surface area contributed by atoms with Crippen molar-refractivity contribution in [2.45, 2.75) is 17.0 Å². The van der Waals surface area contributed by atoms with Crippen LogP contribution >= 0.6 is 23.1 Å². The molecule has 0 aliphatic carbocycles. The van der Waals surface area contributed by atoms with Gasteiger partial charge in [-0.1, -0.05) is 29.2 Å². The van der Waals surface area contributed by atoms with Crippen LogP contribution in [0.3, 0.4) is 0 Å². The summed E-state index contributed by atoms with van der Waals surface area (Å²) in [7, 11) is 0. The fraction of sp³-hybridized carbons (Fsp3) is 0.300. The summed E-state index contributed by atoms with van der Waals surface area (Å²) in [6.07, 6.45) is 1.89. The maximum Gasteiger partial charge on any atom is 0.174 e. The number of nitrogens with one attached hydrogen (secondary N) is 1. The van der Waals surface area contributed by atoms with Crippen LogP contribution in [0.15, 0.2) is 28.2 Å². The van der Waals surface area contributed by atoms with E-state index in [-0.39, 0.29) is 0 Å². The predicted molar refractivity (Wildman–Crippen MR) is 67.9 cm³/mol. The van der Waals surface area contributed by atoms with Crippen LogP contribution in [0, 0.1) is 0 Å². The molecule has 2 rings (SSSR count). The van der Waals surface area contributed by atoms with Crippen LogP contribution in [0.5, 0.6) is 0 Å². The van der Waals surface area contributed by atoms with Crippen molar-refractivity contribution in [3.05, 3.63) is 29.4 Å². The topological polar surface area (TPSA) is 50.7 Å². The van der Waals surface area contributed by atoms with Gasteiger partial charge in [0, 0.05) is 18.5 Å². The Morgan fingerprint density at radius 1 is 1.44 bits per heavy atom. The van der Waals surface area contributed by atoms with Crippen molar-refractivity contribution in [1.29, 1.82) is 0 Å². The zero-order valence-corrected chi connectivity index (χ0v) is 10.5. The molecule has 2 aromatic rings. The van der Waals surface area contributed by atoms with Gasteiger partial charge in [-0.15, -0.1) is 10.2 Å². The maximum absolute atomic E-state index is 4.31. The Labute approximate surface area is 103 Å². The fourth-order valence-electron chi connectivity index (χ4n) is 1.17. The monoisotopic (exact) mass is 252 g/mol. The van der Waals surface area contributed by atoms with Crippen LogP contribution in [-0.4, -0.2) is 21.7 Å². The second kappa shape index (κ2) is 5.81. The standard InChI is InChI=1S/C10H12N4S2/c1-2-11-9-4-3-8(5-12-9)6-15-10-14-13-7-16-10/h3-5,7H,2,6H2,1H3,(H,11,12). The summed E-state index contributed by atoms with van der Waals surface area (Å²) in [5, 5.41) is 10.9. The highest BCUT2D eigenvalue weighted by Gasteiger charge is 2.00. The van der Waals surface area contributed by atoms with Gasteiger partial charge in [0.2, 0.25) is 0 Å². The van der Waals surface area contributed by atoms with Crippen molar-refractivity contribution < 1.29 is 0 Å². The minimum Gasteiger partial charge on any atom is -0.370 e. The van der Waals surface area contributed by atoms with E-state index in [0.717, 1.165) is 22.5 Å². The van der Waals surface area contributed by atoms with E-state index in [0.29, 0.717) is 0 Å². The van der Waals surface area contributed by atoms with Gasteiger partial charge in [0.1, 0.15) is 11.3 Å². The molecule has 0 saturated carbocycles. The smallest absolute Gasteiger partial charge is 0.174 e. The zero-order chi connectivity index (χ0) is 11.2. The molecule has 0 bridgehead atoms. The van der Waals surface area contributed by atoms with Crippen molar-refractivity contribution >= 4 is 28.9 Å². The number of thioether (sulfide) groups is 1. The minimum absolute atomic E-state index is 0.884. The predicted octanol–water partition coefficient (Wildman–Crippen LogP) is 2.66. The summed E-state index contributed by atoms with van der Waals surface area (Å²) in [6.45, 7) is 2.95. The maximum atomic E-state index is 4.31. The Hall–Kier alpha value is -1.14. The molecular formula is C10H12N4S2. The third-order valence-electron chi connectivity index (χ3n) is 1.88. The van der Waals surface area contributed by atoms with E-state index in [1.807, 2.05) is 12.3 Å². The van der Waals surface area contributed by atoms with Gasteiger partial charge in [-0.3, -0.25) is 0 Å². The Bertz CT molecular complexity index is 413. The molecule has 4 nitrogen and oxygen atoms in total. The van der Waals surface area contributed by atoms with Crippen LogP contribution in [0.4, 0.5) is 5.82 Å². The van der Waals surface area contributed by atoms with Gasteiger partial charge < -0.3 is 5.32 Å². The second-order valence-electron chi connectivity index (χ2n) is 3.08. The van der Waals surface area contributed by atoms with Gasteiger partial charge in [0.25, 0.3) is 0 Å². The molecule has 0 aromatic carbocycles. The van der Waals surface area contributed by atoms with E-state index < -0.39 is 0 Å². The summed E-state index contributed by atoms with van der Waals surface area (Å²) < 4.78 is 0.996. The molecule has 1 N–H and O–H groups in total. The molecule has 0 unspecified atom stereocenters. The first kappa shape index (κ1) is 11.3. The van der Waals surface area contributed by atoms with Crippen LogP contribution in [0.1, 0.15) is 12.5 Å². The Balaban J connectivity index is 1.90. The quantitative estimate of drug-likeness (QED) is 0.829. The molecule has 0 saturated heterocycles. The van der Waals surface area contributed by atoms with Crippen LogP contribution in [-0.2, 0) is 5.75 Å². The minimum atomic E-state index is 0.884. The molecule has 0 radical (unpaired) electrons. The lowest BCUT2D eigenvalue weighted by Crippen LogP contribution is -1.98. The number of rotatable bonds is 5. The SMILES string of the molecule is CCNc1ccc(CSc2nncs2)cn1. The molecule has 0 atom stereocenters. The van der Waals surface area contributed by atoms with E-state index in [1.54, 1.807) is 28.6 Å². The first-order valence-corrected chi connectivity index (χ1v) is 6.83. The highest BCUT2D eigenvalue weighted by Crippen LogP contribution is 2.23. The van der Waals surface area contributed by atoms with Crippen LogP contribution < -0.4 is 5.32 Å². The molecule has 0 amide bonds. The molecule has 16 heavy (non-hydrogen) atoms. The van der Waals surface area contributed by atoms with E-state index in [4.69, 9.17) is 0 Å². The summed E-state index contributed by atoms with van der Waals surface area (Å²) in [4.78, 5) is 4.31. The van der Waals surface area contributed by atoms with Crippen molar-refractivity contribution in [3.63, 3.8) is 0 Å². The first-order chi connectivity index (χ1) is 7.88. The summed E-state index contributed by atoms with van der Waals surface area (Å²) in [5.74, 6) is 1.81. The van der Waals surface area contributed by atoms with Crippen molar-refractivity contribution in [2.24, 2.45) is 0 Å². The Morgan fingerprint density at radius 3 is 3.00 bits per heavy atom. The molecule has 84 valence electrons. The molecule has 6 heteroatoms. The molecule has 0 aliphatic rings. The number of aromatic nitrogens is 3. The third-order valence-corrected chi connectivity index (χ3v) is 3.82. The summed E-state index contributed by atoms with van der Waals surface area (Å²) in [5.41, 5.74) is 2.94. The largest absolute Gasteiger partial charge is 0.370 e. The van der Waals surface area contributed by atoms with Gasteiger partial charge in [-0.25, -0.2) is 4.98 Å². The number of pyridine rings is 1. The summed E-state index contributed by atoms with van der Waals surface area (Å²) in [6, 6.07) is 4.08. The molecular weight excluding hydrogens is 240 g/mol. The van der Waals surface area contributed by atoms with Crippen LogP contribution in [0.2, 0.25) is 0 Å². The summed E-state index contributed by atoms with van der Waals surface area (Å²) >= 11 is 3.25. The van der Waals surface area contributed by atoms with Gasteiger partial charge in [0.15, 0.2) is 4.34 Å². The van der Waals surface area contributed by atoms with Crippen LogP contribution in [0.25, 0.3) is 0 Å². The van der Waals surface area contributed by atoms with Gasteiger partial charge in [-0.05, 0) is 18.6 Å². The normalized spacial score (nSPS) is 10.3. The fourth-order valence-corrected chi connectivity index (χ4v) is 2.59. The molecule has 0 fully saturated rings. The lowest BCUT2D eigenvalue weighted by Gasteiger charge is -2.03. The van der Waals surface area contributed by atoms with Crippen molar-refractivity contribution in [1.82, 2.24) is 15.2 Å². The number of hydrogen-bond acceptors (Lipinski definition) is 6. The van der Waals surface area contributed by atoms with E-state index in [2.05, 4.69) is 33.5 Å². The molecule has 0 aliphatic heterocycles. The van der Waals surface area contributed by atoms with Gasteiger partial charge in [-0.2, -0.15) is 0 Å². The average molecular weight is 252 g/mol. The number of hydrogen-bond donors (Lipinski definition) is 1. The highest BCUT2D eigenvalue weighted by molar-refractivity contribution is 8.00. The van der Waals surface area contributed by atoms with Gasteiger partial charge >= 0.3 is 0 Å². The first-order valence-electron chi connectivity index (χ1n) is 4.96. The van der Waals surface area contributed by atoms with Crippen molar-refractivity contribution in [3.8, 4) is 0 Å². The van der Waals surface area contributed by atoms with Gasteiger partial charge in [0.05, 0.1) is 0 Å². The number of anilines is 1. The van der Waals surface area contributed by atoms with E-state index in [1.165, 1.54) is 5.56 Å². The van der Waals surface area contributed by atoms with E-state index >= 15 is 0 Å². The lowest BCUT2D eigenvalue weighted by molar-refractivity contribution is 1.01.